The molecule has 11 nitrogen and oxygen atoms in total. The number of hydrogen-bond donors (Lipinski definition) is 2. The summed E-state index contributed by atoms with van der Waals surface area (Å²) in [6.45, 7) is 2.56. The minimum atomic E-state index is -0.552. The van der Waals surface area contributed by atoms with E-state index in [0.29, 0.717) is 34.1 Å². The largest absolute Gasteiger partial charge is 0.383 e. The first-order chi connectivity index (χ1) is 22.4. The van der Waals surface area contributed by atoms with Crippen molar-refractivity contribution >= 4 is 22.8 Å². The zero-order valence-corrected chi connectivity index (χ0v) is 24.5. The molecule has 1 aliphatic heterocycles. The van der Waals surface area contributed by atoms with Crippen molar-refractivity contribution in [3.63, 3.8) is 0 Å². The van der Waals surface area contributed by atoms with Crippen LogP contribution in [0, 0.1) is 23.0 Å². The fourth-order valence-corrected chi connectivity index (χ4v) is 5.66. The number of likely N-dealkylation sites (tertiary alicyclic amines) is 1. The Hall–Kier alpha value is -5.87. The van der Waals surface area contributed by atoms with Crippen LogP contribution in [0.1, 0.15) is 24.2 Å². The van der Waals surface area contributed by atoms with Gasteiger partial charge in [-0.05, 0) is 66.9 Å². The van der Waals surface area contributed by atoms with Crippen LogP contribution in [0.15, 0.2) is 79.3 Å². The number of hydrogen-bond acceptors (Lipinski definition) is 10. The number of nitrogens with one attached hydrogen (secondary N) is 1. The minimum Gasteiger partial charge on any atom is -0.383 e. The number of nitrogens with zero attached hydrogens (tertiary/aromatic N) is 9. The van der Waals surface area contributed by atoms with E-state index in [1.54, 1.807) is 35.0 Å². The number of aromatic nitrogens is 7. The van der Waals surface area contributed by atoms with Crippen LogP contribution in [0.2, 0.25) is 0 Å². The van der Waals surface area contributed by atoms with Crippen molar-refractivity contribution in [3.8, 4) is 34.5 Å². The topological polar surface area (TPSA) is 147 Å². The average Bonchev–Trinajstić information content (AvgIpc) is 3.44. The highest BCUT2D eigenvalue weighted by Crippen LogP contribution is 2.33. The number of pyridine rings is 3. The maximum Gasteiger partial charge on any atom is 0.234 e. The molecule has 7 rings (SSSR count). The summed E-state index contributed by atoms with van der Waals surface area (Å²) >= 11 is 0. The molecule has 0 spiro atoms. The number of imidazole rings is 1. The van der Waals surface area contributed by atoms with Crippen molar-refractivity contribution in [2.75, 3.05) is 24.1 Å². The maximum atomic E-state index is 15.2. The van der Waals surface area contributed by atoms with Gasteiger partial charge in [0.25, 0.3) is 0 Å². The average molecular weight is 616 g/mol. The lowest BCUT2D eigenvalue weighted by atomic mass is 10.0. The molecule has 6 aromatic rings. The third-order valence-corrected chi connectivity index (χ3v) is 7.94. The van der Waals surface area contributed by atoms with Gasteiger partial charge in [0.1, 0.15) is 34.9 Å². The molecule has 1 aliphatic rings. The van der Waals surface area contributed by atoms with E-state index in [1.165, 1.54) is 18.3 Å². The summed E-state index contributed by atoms with van der Waals surface area (Å²) in [6, 6.07) is 19.6. The number of rotatable bonds is 7. The molecular formula is C33H27F2N11. The molecule has 0 atom stereocenters. The molecule has 5 aromatic heterocycles. The second kappa shape index (κ2) is 12.3. The Balaban J connectivity index is 1.15. The predicted octanol–water partition coefficient (Wildman–Crippen LogP) is 5.14. The second-order valence-electron chi connectivity index (χ2n) is 11.0. The molecule has 0 unspecified atom stereocenters. The van der Waals surface area contributed by atoms with Gasteiger partial charge in [-0.25, -0.2) is 33.7 Å². The van der Waals surface area contributed by atoms with Crippen LogP contribution in [0.25, 0.3) is 39.6 Å². The molecule has 3 N–H and O–H groups in total. The summed E-state index contributed by atoms with van der Waals surface area (Å²) in [5.41, 5.74) is 10.1. The standard InChI is InChI=1S/C33H27F2N11/c34-21-3-6-25(40-18-21)26-7-8-27-32(42-26)46(33(43-27)30-24(35)9-13-39-31(30)37)23-4-1-20(2-5-23)19-45-15-11-22(12-16-45)41-28-10-14-38-29(17-36)44-28/h1-10,13-14,18,22H,11-12,15-16,19H2,(H2,37,39)(H,38,41,44). The second-order valence-corrected chi connectivity index (χ2v) is 11.0. The van der Waals surface area contributed by atoms with E-state index >= 15 is 4.39 Å². The quantitative estimate of drug-likeness (QED) is 0.247. The number of nitrogen functional groups attached to an aromatic ring is 1. The van der Waals surface area contributed by atoms with Crippen LogP contribution in [-0.4, -0.2) is 58.5 Å². The molecule has 0 saturated carbocycles. The fourth-order valence-electron chi connectivity index (χ4n) is 5.66. The van der Waals surface area contributed by atoms with E-state index in [9.17, 15) is 4.39 Å². The van der Waals surface area contributed by atoms with Crippen LogP contribution >= 0.6 is 0 Å². The van der Waals surface area contributed by atoms with Gasteiger partial charge in [0.05, 0.1) is 23.1 Å². The lowest BCUT2D eigenvalue weighted by Crippen LogP contribution is -2.38. The van der Waals surface area contributed by atoms with E-state index in [2.05, 4.69) is 30.2 Å². The van der Waals surface area contributed by atoms with Crippen molar-refractivity contribution in [2.45, 2.75) is 25.4 Å². The van der Waals surface area contributed by atoms with Gasteiger partial charge >= 0.3 is 0 Å². The van der Waals surface area contributed by atoms with Crippen LogP contribution in [-0.2, 0) is 6.54 Å². The SMILES string of the molecule is N#Cc1nccc(NC2CCN(Cc3ccc(-n4c(-c5c(F)ccnc5N)nc5ccc(-c6ccc(F)cn6)nc54)cc3)CC2)n1. The summed E-state index contributed by atoms with van der Waals surface area (Å²) in [5, 5.41) is 12.5. The van der Waals surface area contributed by atoms with E-state index in [0.717, 1.165) is 44.2 Å². The number of piperidine rings is 1. The first kappa shape index (κ1) is 28.9. The smallest absolute Gasteiger partial charge is 0.234 e. The number of anilines is 2. The zero-order valence-electron chi connectivity index (χ0n) is 24.5. The Bertz CT molecular complexity index is 2040. The summed E-state index contributed by atoms with van der Waals surface area (Å²) in [7, 11) is 0. The van der Waals surface area contributed by atoms with Gasteiger partial charge in [-0.2, -0.15) is 5.26 Å². The molecule has 0 aliphatic carbocycles. The molecule has 6 heterocycles. The zero-order chi connectivity index (χ0) is 31.6. The van der Waals surface area contributed by atoms with Crippen molar-refractivity contribution in [2.24, 2.45) is 0 Å². The summed E-state index contributed by atoms with van der Waals surface area (Å²) in [4.78, 5) is 28.3. The van der Waals surface area contributed by atoms with Gasteiger partial charge in [-0.1, -0.05) is 12.1 Å². The number of fused-ring (bicyclic) bond motifs is 1. The number of nitrogens with two attached hydrogens (primary N) is 1. The van der Waals surface area contributed by atoms with Crippen LogP contribution in [0.3, 0.4) is 0 Å². The number of halogens is 2. The van der Waals surface area contributed by atoms with Gasteiger partial charge in [0.2, 0.25) is 5.82 Å². The summed E-state index contributed by atoms with van der Waals surface area (Å²) in [5.74, 6) is 0.0918. The van der Waals surface area contributed by atoms with Crippen LogP contribution in [0.5, 0.6) is 0 Å². The molecule has 1 saturated heterocycles. The Morgan fingerprint density at radius 1 is 0.870 bits per heavy atom. The lowest BCUT2D eigenvalue weighted by molar-refractivity contribution is 0.211. The number of benzene rings is 1. The van der Waals surface area contributed by atoms with Crippen molar-refractivity contribution in [3.05, 3.63) is 102 Å². The first-order valence-corrected chi connectivity index (χ1v) is 14.7. The highest BCUT2D eigenvalue weighted by molar-refractivity contribution is 5.84. The van der Waals surface area contributed by atoms with Gasteiger partial charge in [-0.15, -0.1) is 0 Å². The first-order valence-electron chi connectivity index (χ1n) is 14.7. The third kappa shape index (κ3) is 5.81. The molecule has 0 bridgehead atoms. The molecule has 0 amide bonds. The lowest BCUT2D eigenvalue weighted by Gasteiger charge is -2.32. The van der Waals surface area contributed by atoms with Crippen molar-refractivity contribution < 1.29 is 8.78 Å². The van der Waals surface area contributed by atoms with Crippen LogP contribution in [0.4, 0.5) is 20.4 Å². The number of nitriles is 1. The summed E-state index contributed by atoms with van der Waals surface area (Å²) in [6.07, 6.45) is 5.90. The normalized spacial score (nSPS) is 13.9. The Morgan fingerprint density at radius 3 is 2.39 bits per heavy atom. The van der Waals surface area contributed by atoms with E-state index < -0.39 is 11.6 Å². The van der Waals surface area contributed by atoms with Gasteiger partial charge < -0.3 is 11.1 Å². The fraction of sp³-hybridized carbons (Fsp3) is 0.182. The monoisotopic (exact) mass is 615 g/mol. The van der Waals surface area contributed by atoms with E-state index in [-0.39, 0.29) is 29.1 Å². The Morgan fingerprint density at radius 2 is 1.65 bits per heavy atom. The maximum absolute atomic E-state index is 15.2. The molecule has 0 radical (unpaired) electrons. The van der Waals surface area contributed by atoms with Crippen molar-refractivity contribution in [1.82, 2.24) is 39.4 Å². The summed E-state index contributed by atoms with van der Waals surface area (Å²) < 4.78 is 30.5. The highest BCUT2D eigenvalue weighted by Gasteiger charge is 2.23. The highest BCUT2D eigenvalue weighted by atomic mass is 19.1. The minimum absolute atomic E-state index is 0.0108. The molecule has 46 heavy (non-hydrogen) atoms. The Labute approximate surface area is 262 Å². The van der Waals surface area contributed by atoms with Gasteiger partial charge in [0, 0.05) is 43.8 Å². The van der Waals surface area contributed by atoms with Gasteiger partial charge in [0.15, 0.2) is 11.5 Å². The molecule has 1 aromatic carbocycles. The molecule has 1 fully saturated rings. The van der Waals surface area contributed by atoms with Crippen LogP contribution < -0.4 is 11.1 Å². The van der Waals surface area contributed by atoms with E-state index in [1.807, 2.05) is 30.3 Å². The van der Waals surface area contributed by atoms with Crippen molar-refractivity contribution in [1.29, 1.82) is 5.26 Å². The molecule has 228 valence electrons. The molecule has 13 heteroatoms. The van der Waals surface area contributed by atoms with Gasteiger partial charge in [-0.3, -0.25) is 14.5 Å². The third-order valence-electron chi connectivity index (χ3n) is 7.94. The molecular weight excluding hydrogens is 588 g/mol. The predicted molar refractivity (Wildman–Crippen MR) is 168 cm³/mol. The Kier molecular flexibility index (Phi) is 7.69. The van der Waals surface area contributed by atoms with E-state index in [4.69, 9.17) is 21.0 Å².